The van der Waals surface area contributed by atoms with Gasteiger partial charge in [0, 0.05) is 6.04 Å². The second kappa shape index (κ2) is 6.39. The first-order chi connectivity index (χ1) is 8.06. The van der Waals surface area contributed by atoms with Crippen LogP contribution in [0.15, 0.2) is 18.2 Å². The summed E-state index contributed by atoms with van der Waals surface area (Å²) in [6, 6.07) is 4.25. The lowest BCUT2D eigenvalue weighted by Gasteiger charge is -2.14. The molecule has 4 nitrogen and oxygen atoms in total. The topological polar surface area (TPSA) is 69.6 Å². The maximum absolute atomic E-state index is 11.8. The van der Waals surface area contributed by atoms with Crippen LogP contribution in [0.1, 0.15) is 23.7 Å². The average Bonchev–Trinajstić information content (AvgIpc) is 2.26. The number of benzene rings is 1. The fourth-order valence-electron chi connectivity index (χ4n) is 1.42. The van der Waals surface area contributed by atoms with Crippen LogP contribution in [0.4, 0.5) is 0 Å². The van der Waals surface area contributed by atoms with Gasteiger partial charge in [0.1, 0.15) is 17.1 Å². The molecule has 3 N–H and O–H groups in total. The monoisotopic (exact) mass is 255 g/mol. The number of amides is 1. The largest absolute Gasteiger partial charge is 0.507 e. The highest BCUT2D eigenvalue weighted by atomic mass is 32.2. The third kappa shape index (κ3) is 3.85. The lowest BCUT2D eigenvalue weighted by Crippen LogP contribution is -2.33. The third-order valence-corrected chi connectivity index (χ3v) is 3.02. The highest BCUT2D eigenvalue weighted by molar-refractivity contribution is 7.98. The molecular weight excluding hydrogens is 238 g/mol. The summed E-state index contributed by atoms with van der Waals surface area (Å²) in [5, 5.41) is 21.8. The molecule has 1 aromatic rings. The van der Waals surface area contributed by atoms with Crippen LogP contribution in [-0.4, -0.2) is 34.2 Å². The summed E-state index contributed by atoms with van der Waals surface area (Å²) in [6.45, 7) is 1.89. The Morgan fingerprint density at radius 1 is 1.41 bits per heavy atom. The van der Waals surface area contributed by atoms with Crippen molar-refractivity contribution in [1.82, 2.24) is 5.32 Å². The summed E-state index contributed by atoms with van der Waals surface area (Å²) in [6.07, 6.45) is 2.85. The van der Waals surface area contributed by atoms with E-state index in [1.807, 2.05) is 13.2 Å². The van der Waals surface area contributed by atoms with Gasteiger partial charge in [-0.05, 0) is 37.5 Å². The van der Waals surface area contributed by atoms with E-state index in [4.69, 9.17) is 0 Å². The summed E-state index contributed by atoms with van der Waals surface area (Å²) < 4.78 is 0. The summed E-state index contributed by atoms with van der Waals surface area (Å²) >= 11 is 1.71. The molecule has 17 heavy (non-hydrogen) atoms. The first kappa shape index (κ1) is 13.7. The minimum Gasteiger partial charge on any atom is -0.507 e. The van der Waals surface area contributed by atoms with Crippen molar-refractivity contribution in [2.24, 2.45) is 0 Å². The standard InChI is InChI=1S/C12H17NO3S/c1-8(6-7-17-2)13-12(16)11-9(14)4-3-5-10(11)15/h3-5,8,14-15H,6-7H2,1-2H3,(H,13,16). The number of hydrogen-bond donors (Lipinski definition) is 3. The molecule has 94 valence electrons. The van der Waals surface area contributed by atoms with Gasteiger partial charge in [-0.15, -0.1) is 0 Å². The van der Waals surface area contributed by atoms with Crippen molar-refractivity contribution in [3.8, 4) is 11.5 Å². The predicted octanol–water partition coefficient (Wildman–Crippen LogP) is 1.97. The van der Waals surface area contributed by atoms with E-state index in [9.17, 15) is 15.0 Å². The molecule has 0 aromatic heterocycles. The van der Waals surface area contributed by atoms with E-state index in [1.54, 1.807) is 11.8 Å². The molecule has 0 radical (unpaired) electrons. The van der Waals surface area contributed by atoms with Crippen LogP contribution in [-0.2, 0) is 0 Å². The molecular formula is C12H17NO3S. The van der Waals surface area contributed by atoms with Gasteiger partial charge >= 0.3 is 0 Å². The van der Waals surface area contributed by atoms with E-state index in [-0.39, 0.29) is 23.1 Å². The Balaban J connectivity index is 2.70. The van der Waals surface area contributed by atoms with Gasteiger partial charge in [-0.1, -0.05) is 6.07 Å². The molecule has 1 atom stereocenters. The molecule has 0 aliphatic carbocycles. The normalized spacial score (nSPS) is 12.1. The Labute approximate surface area is 105 Å². The van der Waals surface area contributed by atoms with Crippen molar-refractivity contribution >= 4 is 17.7 Å². The second-order valence-corrected chi connectivity index (χ2v) is 4.81. The number of phenols is 2. The first-order valence-electron chi connectivity index (χ1n) is 5.37. The number of carbonyl (C=O) groups is 1. The van der Waals surface area contributed by atoms with Crippen LogP contribution < -0.4 is 5.32 Å². The van der Waals surface area contributed by atoms with E-state index in [0.717, 1.165) is 12.2 Å². The lowest BCUT2D eigenvalue weighted by atomic mass is 10.1. The lowest BCUT2D eigenvalue weighted by molar-refractivity contribution is 0.0934. The highest BCUT2D eigenvalue weighted by Gasteiger charge is 2.17. The zero-order chi connectivity index (χ0) is 12.8. The first-order valence-corrected chi connectivity index (χ1v) is 6.76. The summed E-state index contributed by atoms with van der Waals surface area (Å²) in [4.78, 5) is 11.8. The molecule has 0 bridgehead atoms. The number of rotatable bonds is 5. The van der Waals surface area contributed by atoms with E-state index >= 15 is 0 Å². The zero-order valence-electron chi connectivity index (χ0n) is 9.93. The van der Waals surface area contributed by atoms with Crippen LogP contribution in [0.3, 0.4) is 0 Å². The SMILES string of the molecule is CSCCC(C)NC(=O)c1c(O)cccc1O. The number of carbonyl (C=O) groups excluding carboxylic acids is 1. The Hall–Kier alpha value is -1.36. The smallest absolute Gasteiger partial charge is 0.259 e. The van der Waals surface area contributed by atoms with Crippen LogP contribution in [0.2, 0.25) is 0 Å². The van der Waals surface area contributed by atoms with Gasteiger partial charge in [-0.25, -0.2) is 0 Å². The van der Waals surface area contributed by atoms with Crippen molar-refractivity contribution < 1.29 is 15.0 Å². The molecule has 1 aromatic carbocycles. The molecule has 0 spiro atoms. The van der Waals surface area contributed by atoms with E-state index in [1.165, 1.54) is 18.2 Å². The third-order valence-electron chi connectivity index (χ3n) is 2.38. The van der Waals surface area contributed by atoms with Gasteiger partial charge in [0.05, 0.1) is 0 Å². The number of hydrogen-bond acceptors (Lipinski definition) is 4. The molecule has 5 heteroatoms. The minimum absolute atomic E-state index is 0.00829. The van der Waals surface area contributed by atoms with Gasteiger partial charge in [0.2, 0.25) is 0 Å². The minimum atomic E-state index is -0.450. The molecule has 0 aliphatic rings. The number of thioether (sulfide) groups is 1. The Kier molecular flexibility index (Phi) is 5.15. The molecule has 0 fully saturated rings. The zero-order valence-corrected chi connectivity index (χ0v) is 10.8. The molecule has 0 heterocycles. The fraction of sp³-hybridized carbons (Fsp3) is 0.417. The number of phenolic OH excluding ortho intramolecular Hbond substituents is 2. The van der Waals surface area contributed by atoms with Gasteiger partial charge in [-0.3, -0.25) is 4.79 Å². The van der Waals surface area contributed by atoms with Gasteiger partial charge < -0.3 is 15.5 Å². The molecule has 1 unspecified atom stereocenters. The Morgan fingerprint density at radius 2 is 2.00 bits per heavy atom. The number of nitrogens with one attached hydrogen (secondary N) is 1. The highest BCUT2D eigenvalue weighted by Crippen LogP contribution is 2.26. The van der Waals surface area contributed by atoms with Crippen LogP contribution in [0.25, 0.3) is 0 Å². The van der Waals surface area contributed by atoms with Crippen molar-refractivity contribution in [3.63, 3.8) is 0 Å². The van der Waals surface area contributed by atoms with E-state index < -0.39 is 5.91 Å². The van der Waals surface area contributed by atoms with Gasteiger partial charge in [0.15, 0.2) is 0 Å². The quantitative estimate of drug-likeness (QED) is 0.752. The summed E-state index contributed by atoms with van der Waals surface area (Å²) in [5.41, 5.74) is -0.0662. The maximum atomic E-state index is 11.8. The van der Waals surface area contributed by atoms with Crippen molar-refractivity contribution in [2.45, 2.75) is 19.4 Å². The second-order valence-electron chi connectivity index (χ2n) is 3.83. The fourth-order valence-corrected chi connectivity index (χ4v) is 2.01. The van der Waals surface area contributed by atoms with E-state index in [2.05, 4.69) is 5.32 Å². The summed E-state index contributed by atoms with van der Waals surface area (Å²) in [5.74, 6) is 0.0853. The van der Waals surface area contributed by atoms with Crippen molar-refractivity contribution in [2.75, 3.05) is 12.0 Å². The summed E-state index contributed by atoms with van der Waals surface area (Å²) in [7, 11) is 0. The van der Waals surface area contributed by atoms with Gasteiger partial charge in [0.25, 0.3) is 5.91 Å². The van der Waals surface area contributed by atoms with Crippen LogP contribution in [0, 0.1) is 0 Å². The molecule has 0 saturated heterocycles. The average molecular weight is 255 g/mol. The Morgan fingerprint density at radius 3 is 2.53 bits per heavy atom. The van der Waals surface area contributed by atoms with Crippen LogP contribution >= 0.6 is 11.8 Å². The maximum Gasteiger partial charge on any atom is 0.259 e. The van der Waals surface area contributed by atoms with E-state index in [0.29, 0.717) is 0 Å². The molecule has 1 amide bonds. The van der Waals surface area contributed by atoms with Crippen LogP contribution in [0.5, 0.6) is 11.5 Å². The molecule has 0 aliphatic heterocycles. The Bertz CT molecular complexity index is 375. The van der Waals surface area contributed by atoms with Crippen molar-refractivity contribution in [3.05, 3.63) is 23.8 Å². The van der Waals surface area contributed by atoms with Gasteiger partial charge in [-0.2, -0.15) is 11.8 Å². The molecule has 0 saturated carbocycles. The molecule has 1 rings (SSSR count). The predicted molar refractivity (Wildman–Crippen MR) is 69.7 cm³/mol. The number of aromatic hydroxyl groups is 2. The van der Waals surface area contributed by atoms with Crippen molar-refractivity contribution in [1.29, 1.82) is 0 Å².